The molecule has 0 atom stereocenters. The minimum absolute atomic E-state index is 0.293. The Balaban J connectivity index is 2.06. The smallest absolute Gasteiger partial charge is 0.261 e. The van der Waals surface area contributed by atoms with Gasteiger partial charge in [0.05, 0.1) is 22.3 Å². The summed E-state index contributed by atoms with van der Waals surface area (Å²) in [4.78, 5) is 4.29. The van der Waals surface area contributed by atoms with E-state index in [-0.39, 0.29) is 0 Å². The third-order valence-corrected chi connectivity index (χ3v) is 2.96. The Kier molecular flexibility index (Phi) is 2.72. The molecule has 3 rings (SSSR count). The van der Waals surface area contributed by atoms with Gasteiger partial charge in [-0.05, 0) is 12.1 Å². The number of hydrogen-bond acceptors (Lipinski definition) is 5. The number of nitrogen functional groups attached to an aromatic ring is 1. The van der Waals surface area contributed by atoms with Crippen molar-refractivity contribution in [2.45, 2.75) is 0 Å². The van der Waals surface area contributed by atoms with E-state index in [4.69, 9.17) is 21.9 Å². The van der Waals surface area contributed by atoms with Crippen molar-refractivity contribution < 1.29 is 4.52 Å². The van der Waals surface area contributed by atoms with Crippen LogP contribution in [0.4, 0.5) is 5.69 Å². The molecule has 0 saturated carbocycles. The number of nitrogens with zero attached hydrogens (tertiary/aromatic N) is 4. The van der Waals surface area contributed by atoms with E-state index in [0.29, 0.717) is 28.0 Å². The average molecular weight is 276 g/mol. The van der Waals surface area contributed by atoms with Gasteiger partial charge in [-0.1, -0.05) is 22.8 Å². The Labute approximate surface area is 113 Å². The molecule has 0 unspecified atom stereocenters. The summed E-state index contributed by atoms with van der Waals surface area (Å²) < 4.78 is 6.88. The standard InChI is InChI=1S/C12H10ClN5O/c1-18-6-7(5-15-18)11-16-12(19-17-11)10-8(13)3-2-4-9(10)14/h2-6H,14H2,1H3. The van der Waals surface area contributed by atoms with Gasteiger partial charge in [0.25, 0.3) is 5.89 Å². The largest absolute Gasteiger partial charge is 0.398 e. The summed E-state index contributed by atoms with van der Waals surface area (Å²) in [5.74, 6) is 0.740. The van der Waals surface area contributed by atoms with E-state index in [9.17, 15) is 0 Å². The highest BCUT2D eigenvalue weighted by Crippen LogP contribution is 2.32. The maximum atomic E-state index is 6.10. The van der Waals surface area contributed by atoms with Crippen LogP contribution in [0, 0.1) is 0 Å². The Morgan fingerprint density at radius 1 is 1.37 bits per heavy atom. The van der Waals surface area contributed by atoms with Gasteiger partial charge in [-0.15, -0.1) is 0 Å². The average Bonchev–Trinajstić information content (AvgIpc) is 2.98. The maximum Gasteiger partial charge on any atom is 0.261 e. The zero-order valence-electron chi connectivity index (χ0n) is 10.0. The van der Waals surface area contributed by atoms with Crippen molar-refractivity contribution in [2.24, 2.45) is 7.05 Å². The number of anilines is 1. The van der Waals surface area contributed by atoms with E-state index in [1.54, 1.807) is 35.3 Å². The van der Waals surface area contributed by atoms with Gasteiger partial charge in [0.15, 0.2) is 0 Å². The van der Waals surface area contributed by atoms with Crippen molar-refractivity contribution in [3.05, 3.63) is 35.6 Å². The molecule has 0 bridgehead atoms. The second-order valence-corrected chi connectivity index (χ2v) is 4.44. The predicted molar refractivity (Wildman–Crippen MR) is 71.4 cm³/mol. The van der Waals surface area contributed by atoms with Crippen molar-refractivity contribution in [3.63, 3.8) is 0 Å². The van der Waals surface area contributed by atoms with Crippen molar-refractivity contribution in [1.29, 1.82) is 0 Å². The topological polar surface area (TPSA) is 82.8 Å². The summed E-state index contributed by atoms with van der Waals surface area (Å²) >= 11 is 6.10. The lowest BCUT2D eigenvalue weighted by atomic mass is 10.2. The van der Waals surface area contributed by atoms with Crippen LogP contribution in [0.15, 0.2) is 35.1 Å². The molecule has 96 valence electrons. The molecule has 0 amide bonds. The van der Waals surface area contributed by atoms with E-state index >= 15 is 0 Å². The lowest BCUT2D eigenvalue weighted by Crippen LogP contribution is -1.90. The molecule has 2 N–H and O–H groups in total. The summed E-state index contributed by atoms with van der Waals surface area (Å²) in [6.07, 6.45) is 3.45. The number of aromatic nitrogens is 4. The van der Waals surface area contributed by atoms with Crippen LogP contribution in [0.25, 0.3) is 22.8 Å². The molecule has 0 radical (unpaired) electrons. The molecule has 0 saturated heterocycles. The molecule has 1 aromatic carbocycles. The normalized spacial score (nSPS) is 10.8. The molecule has 7 heteroatoms. The minimum atomic E-state index is 0.293. The molecular formula is C12H10ClN5O. The van der Waals surface area contributed by atoms with Crippen molar-refractivity contribution in [2.75, 3.05) is 5.73 Å². The molecule has 0 spiro atoms. The summed E-state index contributed by atoms with van der Waals surface area (Å²) in [6.45, 7) is 0. The summed E-state index contributed by atoms with van der Waals surface area (Å²) in [5, 5.41) is 8.43. The fourth-order valence-corrected chi connectivity index (χ4v) is 2.01. The molecule has 2 aromatic heterocycles. The van der Waals surface area contributed by atoms with Gasteiger partial charge in [-0.25, -0.2) is 0 Å². The van der Waals surface area contributed by atoms with Crippen LogP contribution in [0.3, 0.4) is 0 Å². The quantitative estimate of drug-likeness (QED) is 0.726. The number of halogens is 1. The Hall–Kier alpha value is -2.34. The third-order valence-electron chi connectivity index (χ3n) is 2.65. The minimum Gasteiger partial charge on any atom is -0.398 e. The van der Waals surface area contributed by atoms with E-state index in [0.717, 1.165) is 5.56 Å². The maximum absolute atomic E-state index is 6.10. The van der Waals surface area contributed by atoms with Gasteiger partial charge < -0.3 is 10.3 Å². The Morgan fingerprint density at radius 3 is 2.89 bits per heavy atom. The van der Waals surface area contributed by atoms with E-state index in [1.807, 2.05) is 7.05 Å². The first-order chi connectivity index (χ1) is 9.15. The lowest BCUT2D eigenvalue weighted by Gasteiger charge is -2.01. The number of rotatable bonds is 2. The van der Waals surface area contributed by atoms with E-state index in [1.165, 1.54) is 0 Å². The van der Waals surface area contributed by atoms with Gasteiger partial charge in [0.1, 0.15) is 0 Å². The Bertz CT molecular complexity index is 713. The molecular weight excluding hydrogens is 266 g/mol. The van der Waals surface area contributed by atoms with Crippen LogP contribution in [0.5, 0.6) is 0 Å². The van der Waals surface area contributed by atoms with Crippen molar-refractivity contribution in [3.8, 4) is 22.8 Å². The number of aryl methyl sites for hydroxylation is 1. The summed E-state index contributed by atoms with van der Waals surface area (Å²) in [7, 11) is 1.82. The first kappa shape index (κ1) is 11.7. The second-order valence-electron chi connectivity index (χ2n) is 4.03. The van der Waals surface area contributed by atoms with Gasteiger partial charge in [-0.3, -0.25) is 4.68 Å². The van der Waals surface area contributed by atoms with E-state index < -0.39 is 0 Å². The highest BCUT2D eigenvalue weighted by atomic mass is 35.5. The first-order valence-electron chi connectivity index (χ1n) is 5.52. The van der Waals surface area contributed by atoms with Crippen molar-refractivity contribution >= 4 is 17.3 Å². The van der Waals surface area contributed by atoms with Crippen LogP contribution in [0.1, 0.15) is 0 Å². The number of hydrogen-bond donors (Lipinski definition) is 1. The van der Waals surface area contributed by atoms with Gasteiger partial charge in [-0.2, -0.15) is 10.1 Å². The third kappa shape index (κ3) is 2.06. The molecule has 0 fully saturated rings. The number of benzene rings is 1. The summed E-state index contributed by atoms with van der Waals surface area (Å²) in [5.41, 5.74) is 7.69. The van der Waals surface area contributed by atoms with Gasteiger partial charge >= 0.3 is 0 Å². The first-order valence-corrected chi connectivity index (χ1v) is 5.90. The lowest BCUT2D eigenvalue weighted by molar-refractivity contribution is 0.432. The van der Waals surface area contributed by atoms with Crippen LogP contribution >= 0.6 is 11.6 Å². The molecule has 6 nitrogen and oxygen atoms in total. The highest BCUT2D eigenvalue weighted by molar-refractivity contribution is 6.33. The SMILES string of the molecule is Cn1cc(-c2noc(-c3c(N)cccc3Cl)n2)cn1. The van der Waals surface area contributed by atoms with Crippen LogP contribution < -0.4 is 5.73 Å². The fraction of sp³-hybridized carbons (Fsp3) is 0.0833. The highest BCUT2D eigenvalue weighted by Gasteiger charge is 2.16. The van der Waals surface area contributed by atoms with Gasteiger partial charge in [0, 0.05) is 18.9 Å². The Morgan fingerprint density at radius 2 is 2.21 bits per heavy atom. The zero-order valence-corrected chi connectivity index (χ0v) is 10.8. The zero-order chi connectivity index (χ0) is 13.4. The molecule has 2 heterocycles. The fourth-order valence-electron chi connectivity index (χ4n) is 1.75. The summed E-state index contributed by atoms with van der Waals surface area (Å²) in [6, 6.07) is 5.22. The molecule has 0 aliphatic heterocycles. The molecule has 0 aliphatic carbocycles. The van der Waals surface area contributed by atoms with Crippen LogP contribution in [-0.2, 0) is 7.05 Å². The van der Waals surface area contributed by atoms with Gasteiger partial charge in [0.2, 0.25) is 5.82 Å². The monoisotopic (exact) mass is 275 g/mol. The van der Waals surface area contributed by atoms with Crippen LogP contribution in [0.2, 0.25) is 5.02 Å². The number of nitrogens with two attached hydrogens (primary N) is 1. The van der Waals surface area contributed by atoms with Crippen LogP contribution in [-0.4, -0.2) is 19.9 Å². The predicted octanol–water partition coefficient (Wildman–Crippen LogP) is 2.37. The molecule has 19 heavy (non-hydrogen) atoms. The van der Waals surface area contributed by atoms with Crippen molar-refractivity contribution in [1.82, 2.24) is 19.9 Å². The molecule has 0 aliphatic rings. The van der Waals surface area contributed by atoms with E-state index in [2.05, 4.69) is 15.2 Å². The molecule has 3 aromatic rings. The second kappa shape index (κ2) is 4.40.